The quantitative estimate of drug-likeness (QED) is 0.653. The number of carbonyl (C=O) groups is 1. The van der Waals surface area contributed by atoms with Gasteiger partial charge in [-0.3, -0.25) is 4.79 Å². The second kappa shape index (κ2) is 5.02. The summed E-state index contributed by atoms with van der Waals surface area (Å²) < 4.78 is 13.2. The number of aromatic nitrogens is 1. The summed E-state index contributed by atoms with van der Waals surface area (Å²) in [5, 5.41) is 1.05. The number of aldehydes is 1. The highest BCUT2D eigenvalue weighted by molar-refractivity contribution is 5.97. The van der Waals surface area contributed by atoms with Crippen LogP contribution in [0.5, 0.6) is 0 Å². The monoisotopic (exact) mass is 291 g/mol. The molecule has 1 fully saturated rings. The molecule has 2 aromatic carbocycles. The Hall–Kier alpha value is -2.55. The molecule has 1 aromatic heterocycles. The molecule has 1 saturated carbocycles. The van der Waals surface area contributed by atoms with Crippen LogP contribution < -0.4 is 0 Å². The maximum Gasteiger partial charge on any atom is 0.152 e. The summed E-state index contributed by atoms with van der Waals surface area (Å²) in [6, 6.07) is 14.1. The number of hydrogen-bond acceptors (Lipinski definition) is 2. The van der Waals surface area contributed by atoms with Crippen LogP contribution >= 0.6 is 0 Å². The average Bonchev–Trinajstić information content (AvgIpc) is 3.38. The van der Waals surface area contributed by atoms with Crippen molar-refractivity contribution in [3.05, 3.63) is 65.5 Å². The normalized spacial score (nSPS) is 14.2. The van der Waals surface area contributed by atoms with Crippen molar-refractivity contribution in [1.29, 1.82) is 0 Å². The molecule has 0 bridgehead atoms. The van der Waals surface area contributed by atoms with Crippen LogP contribution in [-0.2, 0) is 0 Å². The topological polar surface area (TPSA) is 30.0 Å². The molecule has 3 aromatic rings. The van der Waals surface area contributed by atoms with E-state index in [0.29, 0.717) is 17.2 Å². The van der Waals surface area contributed by atoms with Crippen molar-refractivity contribution in [2.75, 3.05) is 0 Å². The third kappa shape index (κ3) is 2.10. The van der Waals surface area contributed by atoms with E-state index < -0.39 is 0 Å². The summed E-state index contributed by atoms with van der Waals surface area (Å²) in [5.41, 5.74) is 4.05. The van der Waals surface area contributed by atoms with Crippen molar-refractivity contribution in [2.45, 2.75) is 18.8 Å². The predicted molar refractivity (Wildman–Crippen MR) is 84.5 cm³/mol. The zero-order valence-electron chi connectivity index (χ0n) is 11.9. The summed E-state index contributed by atoms with van der Waals surface area (Å²) in [6.07, 6.45) is 3.11. The largest absolute Gasteiger partial charge is 0.298 e. The van der Waals surface area contributed by atoms with Gasteiger partial charge in [0.1, 0.15) is 5.82 Å². The van der Waals surface area contributed by atoms with Gasteiger partial charge in [-0.1, -0.05) is 18.2 Å². The Labute approximate surface area is 127 Å². The van der Waals surface area contributed by atoms with Gasteiger partial charge in [0.25, 0.3) is 0 Å². The van der Waals surface area contributed by atoms with Crippen LogP contribution in [0.2, 0.25) is 0 Å². The van der Waals surface area contributed by atoms with E-state index in [9.17, 15) is 9.18 Å². The summed E-state index contributed by atoms with van der Waals surface area (Å²) in [4.78, 5) is 16.4. The van der Waals surface area contributed by atoms with Gasteiger partial charge in [0, 0.05) is 16.5 Å². The van der Waals surface area contributed by atoms with E-state index in [1.54, 1.807) is 12.1 Å². The number of rotatable bonds is 3. The number of pyridine rings is 1. The van der Waals surface area contributed by atoms with Crippen molar-refractivity contribution in [1.82, 2.24) is 4.98 Å². The lowest BCUT2D eigenvalue weighted by Crippen LogP contribution is -2.00. The zero-order chi connectivity index (χ0) is 15.1. The first kappa shape index (κ1) is 13.1. The van der Waals surface area contributed by atoms with Crippen LogP contribution in [0.25, 0.3) is 22.2 Å². The van der Waals surface area contributed by atoms with Crippen LogP contribution in [-0.4, -0.2) is 11.3 Å². The highest BCUT2D eigenvalue weighted by Gasteiger charge is 2.30. The molecule has 0 amide bonds. The number of hydrogen-bond donors (Lipinski definition) is 0. The third-order valence-corrected chi connectivity index (χ3v) is 4.19. The van der Waals surface area contributed by atoms with Crippen LogP contribution in [0.1, 0.15) is 34.7 Å². The number of carbonyl (C=O) groups excluding carboxylic acids is 1. The average molecular weight is 291 g/mol. The fourth-order valence-corrected chi connectivity index (χ4v) is 3.01. The van der Waals surface area contributed by atoms with E-state index in [1.165, 1.54) is 12.1 Å². The van der Waals surface area contributed by atoms with Gasteiger partial charge in [0.05, 0.1) is 11.2 Å². The SMILES string of the molecule is O=Cc1c(-c2ccc(F)cc2)nc2ccccc2c1C1CC1. The first-order valence-electron chi connectivity index (χ1n) is 7.41. The molecule has 1 heterocycles. The maximum absolute atomic E-state index is 13.2. The van der Waals surface area contributed by atoms with Crippen molar-refractivity contribution in [2.24, 2.45) is 0 Å². The Morgan fingerprint density at radius 3 is 2.45 bits per heavy atom. The zero-order valence-corrected chi connectivity index (χ0v) is 11.9. The highest BCUT2D eigenvalue weighted by Crippen LogP contribution is 2.46. The predicted octanol–water partition coefficient (Wildman–Crippen LogP) is 4.73. The first-order valence-corrected chi connectivity index (χ1v) is 7.41. The molecule has 108 valence electrons. The molecular formula is C19H14FNO. The molecule has 0 atom stereocenters. The van der Waals surface area contributed by atoms with E-state index in [2.05, 4.69) is 4.98 Å². The Morgan fingerprint density at radius 1 is 1.05 bits per heavy atom. The lowest BCUT2D eigenvalue weighted by atomic mass is 9.94. The minimum atomic E-state index is -0.292. The van der Waals surface area contributed by atoms with Gasteiger partial charge in [-0.05, 0) is 54.7 Å². The molecule has 22 heavy (non-hydrogen) atoms. The second-order valence-electron chi connectivity index (χ2n) is 5.70. The maximum atomic E-state index is 13.2. The number of para-hydroxylation sites is 1. The molecule has 0 saturated heterocycles. The minimum absolute atomic E-state index is 0.292. The van der Waals surface area contributed by atoms with Crippen molar-refractivity contribution in [3.63, 3.8) is 0 Å². The summed E-state index contributed by atoms with van der Waals surface area (Å²) in [5.74, 6) is 0.145. The van der Waals surface area contributed by atoms with Crippen molar-refractivity contribution >= 4 is 17.2 Å². The van der Waals surface area contributed by atoms with Crippen molar-refractivity contribution < 1.29 is 9.18 Å². The molecule has 0 spiro atoms. The Bertz CT molecular complexity index is 866. The summed E-state index contributed by atoms with van der Waals surface area (Å²) in [6.45, 7) is 0. The molecule has 0 N–H and O–H groups in total. The van der Waals surface area contributed by atoms with Crippen LogP contribution in [0, 0.1) is 5.82 Å². The Balaban J connectivity index is 2.05. The molecule has 0 radical (unpaired) electrons. The van der Waals surface area contributed by atoms with E-state index in [1.807, 2.05) is 24.3 Å². The van der Waals surface area contributed by atoms with Crippen LogP contribution in [0.15, 0.2) is 48.5 Å². The van der Waals surface area contributed by atoms with Gasteiger partial charge in [0.2, 0.25) is 0 Å². The molecule has 0 aliphatic heterocycles. The van der Waals surface area contributed by atoms with Gasteiger partial charge >= 0.3 is 0 Å². The van der Waals surface area contributed by atoms with E-state index in [4.69, 9.17) is 0 Å². The molecular weight excluding hydrogens is 277 g/mol. The fourth-order valence-electron chi connectivity index (χ4n) is 3.01. The van der Waals surface area contributed by atoms with Gasteiger partial charge in [0.15, 0.2) is 6.29 Å². The fraction of sp³-hybridized carbons (Fsp3) is 0.158. The lowest BCUT2D eigenvalue weighted by Gasteiger charge is -2.13. The number of fused-ring (bicyclic) bond motifs is 1. The molecule has 1 aliphatic rings. The standard InChI is InChI=1S/C19H14FNO/c20-14-9-7-13(8-10-14)19-16(11-22)18(12-5-6-12)15-3-1-2-4-17(15)21-19/h1-4,7-12H,5-6H2. The van der Waals surface area contributed by atoms with Gasteiger partial charge in [-0.25, -0.2) is 9.37 Å². The van der Waals surface area contributed by atoms with E-state index >= 15 is 0 Å². The highest BCUT2D eigenvalue weighted by atomic mass is 19.1. The number of halogens is 1. The van der Waals surface area contributed by atoms with Gasteiger partial charge < -0.3 is 0 Å². The van der Waals surface area contributed by atoms with Crippen LogP contribution in [0.3, 0.4) is 0 Å². The molecule has 2 nitrogen and oxygen atoms in total. The molecule has 3 heteroatoms. The summed E-state index contributed by atoms with van der Waals surface area (Å²) in [7, 11) is 0. The van der Waals surface area contributed by atoms with Crippen LogP contribution in [0.4, 0.5) is 4.39 Å². The van der Waals surface area contributed by atoms with E-state index in [-0.39, 0.29) is 5.82 Å². The Morgan fingerprint density at radius 2 is 1.77 bits per heavy atom. The van der Waals surface area contributed by atoms with Gasteiger partial charge in [-0.2, -0.15) is 0 Å². The number of benzene rings is 2. The molecule has 1 aliphatic carbocycles. The molecule has 0 unspecified atom stereocenters. The Kier molecular flexibility index (Phi) is 3.00. The third-order valence-electron chi connectivity index (χ3n) is 4.19. The first-order chi connectivity index (χ1) is 10.8. The minimum Gasteiger partial charge on any atom is -0.298 e. The second-order valence-corrected chi connectivity index (χ2v) is 5.70. The van der Waals surface area contributed by atoms with Gasteiger partial charge in [-0.15, -0.1) is 0 Å². The summed E-state index contributed by atoms with van der Waals surface area (Å²) >= 11 is 0. The number of nitrogens with zero attached hydrogens (tertiary/aromatic N) is 1. The smallest absolute Gasteiger partial charge is 0.152 e. The van der Waals surface area contributed by atoms with E-state index in [0.717, 1.165) is 41.2 Å². The van der Waals surface area contributed by atoms with Crippen molar-refractivity contribution in [3.8, 4) is 11.3 Å². The lowest BCUT2D eigenvalue weighted by molar-refractivity contribution is 0.112. The molecule has 4 rings (SSSR count).